The molecule has 1 rings (SSSR count). The summed E-state index contributed by atoms with van der Waals surface area (Å²) < 4.78 is 5.33. The van der Waals surface area contributed by atoms with Crippen molar-refractivity contribution in [3.8, 4) is 0 Å². The van der Waals surface area contributed by atoms with E-state index in [2.05, 4.69) is 20.9 Å². The molecule has 0 atom stereocenters. The highest BCUT2D eigenvalue weighted by Crippen LogP contribution is 2.15. The molecular formula is C17H33N5O3. The Balaban J connectivity index is 2.35. The lowest BCUT2D eigenvalue weighted by molar-refractivity contribution is -0.120. The van der Waals surface area contributed by atoms with Crippen LogP contribution in [0.3, 0.4) is 0 Å². The van der Waals surface area contributed by atoms with Gasteiger partial charge >= 0.3 is 6.09 Å². The summed E-state index contributed by atoms with van der Waals surface area (Å²) in [5.41, 5.74) is -0.482. The predicted molar refractivity (Wildman–Crippen MR) is 98.6 cm³/mol. The average molecular weight is 355 g/mol. The lowest BCUT2D eigenvalue weighted by atomic mass is 10.1. The van der Waals surface area contributed by atoms with E-state index in [0.29, 0.717) is 38.6 Å². The summed E-state index contributed by atoms with van der Waals surface area (Å²) in [4.78, 5) is 29.6. The Morgan fingerprint density at radius 3 is 2.44 bits per heavy atom. The Bertz CT molecular complexity index is 467. The number of aliphatic imine (C=N–C) groups is 1. The van der Waals surface area contributed by atoms with Crippen molar-refractivity contribution in [2.75, 3.05) is 32.7 Å². The molecule has 0 radical (unpaired) electrons. The Kier molecular flexibility index (Phi) is 8.51. The van der Waals surface area contributed by atoms with Gasteiger partial charge in [0.05, 0.1) is 12.6 Å². The molecule has 0 aromatic heterocycles. The van der Waals surface area contributed by atoms with Gasteiger partial charge in [0.15, 0.2) is 5.96 Å². The van der Waals surface area contributed by atoms with Crippen LogP contribution in [0.15, 0.2) is 4.99 Å². The van der Waals surface area contributed by atoms with Gasteiger partial charge in [0.2, 0.25) is 5.91 Å². The van der Waals surface area contributed by atoms with Gasteiger partial charge in [0, 0.05) is 32.6 Å². The van der Waals surface area contributed by atoms with Crippen LogP contribution in [0.25, 0.3) is 0 Å². The highest BCUT2D eigenvalue weighted by atomic mass is 16.6. The first-order chi connectivity index (χ1) is 11.7. The van der Waals surface area contributed by atoms with Crippen molar-refractivity contribution >= 4 is 18.0 Å². The van der Waals surface area contributed by atoms with E-state index in [4.69, 9.17) is 4.74 Å². The Labute approximate surface area is 150 Å². The first kappa shape index (κ1) is 21.1. The van der Waals surface area contributed by atoms with Gasteiger partial charge in [-0.2, -0.15) is 0 Å². The maximum Gasteiger partial charge on any atom is 0.410 e. The first-order valence-electron chi connectivity index (χ1n) is 9.04. The molecular weight excluding hydrogens is 322 g/mol. The standard InChI is InChI=1S/C17H33N5O3/c1-6-9-19-14(23)8-10-20-15(18-7-2)21-13-11-22(12-13)16(24)25-17(3,4)5/h13H,6-12H2,1-5H3,(H,19,23)(H2,18,20,21). The molecule has 0 aromatic rings. The third-order valence-corrected chi connectivity index (χ3v) is 3.40. The zero-order chi connectivity index (χ0) is 18.9. The summed E-state index contributed by atoms with van der Waals surface area (Å²) in [6.45, 7) is 12.6. The second-order valence-electron chi connectivity index (χ2n) is 7.09. The van der Waals surface area contributed by atoms with Gasteiger partial charge in [-0.15, -0.1) is 0 Å². The number of hydrogen-bond acceptors (Lipinski definition) is 4. The number of ether oxygens (including phenoxy) is 1. The van der Waals surface area contributed by atoms with Crippen molar-refractivity contribution in [3.63, 3.8) is 0 Å². The largest absolute Gasteiger partial charge is 0.444 e. The van der Waals surface area contributed by atoms with Crippen LogP contribution in [0.5, 0.6) is 0 Å². The maximum atomic E-state index is 11.9. The third-order valence-electron chi connectivity index (χ3n) is 3.40. The number of guanidine groups is 1. The molecule has 0 spiro atoms. The Hall–Kier alpha value is -1.99. The lowest BCUT2D eigenvalue weighted by Gasteiger charge is -2.40. The fourth-order valence-corrected chi connectivity index (χ4v) is 2.18. The normalized spacial score (nSPS) is 15.4. The van der Waals surface area contributed by atoms with Crippen LogP contribution < -0.4 is 16.0 Å². The summed E-state index contributed by atoms with van der Waals surface area (Å²) in [5.74, 6) is 0.681. The van der Waals surface area contributed by atoms with Gasteiger partial charge < -0.3 is 25.6 Å². The smallest absolute Gasteiger partial charge is 0.410 e. The fourth-order valence-electron chi connectivity index (χ4n) is 2.18. The molecule has 0 bridgehead atoms. The van der Waals surface area contributed by atoms with E-state index in [9.17, 15) is 9.59 Å². The zero-order valence-corrected chi connectivity index (χ0v) is 16.1. The van der Waals surface area contributed by atoms with E-state index in [-0.39, 0.29) is 18.0 Å². The number of nitrogens with one attached hydrogen (secondary N) is 3. The Morgan fingerprint density at radius 2 is 1.88 bits per heavy atom. The van der Waals surface area contributed by atoms with Crippen LogP contribution in [0.1, 0.15) is 47.5 Å². The minimum absolute atomic E-state index is 0.0150. The van der Waals surface area contributed by atoms with Gasteiger partial charge in [-0.3, -0.25) is 9.79 Å². The van der Waals surface area contributed by atoms with Crippen LogP contribution >= 0.6 is 0 Å². The topological polar surface area (TPSA) is 95.1 Å². The number of rotatable bonds is 7. The minimum atomic E-state index is -0.482. The van der Waals surface area contributed by atoms with Gasteiger partial charge in [-0.05, 0) is 34.1 Å². The van der Waals surface area contributed by atoms with Crippen LogP contribution in [-0.4, -0.2) is 67.2 Å². The molecule has 8 nitrogen and oxygen atoms in total. The maximum absolute atomic E-state index is 11.9. The molecule has 8 heteroatoms. The summed E-state index contributed by atoms with van der Waals surface area (Å²) in [7, 11) is 0. The molecule has 144 valence electrons. The SMILES string of the molecule is CCCNC(=O)CCN=C(NCC)NC1CN(C(=O)OC(C)(C)C)C1. The number of carbonyl (C=O) groups excluding carboxylic acids is 2. The van der Waals surface area contributed by atoms with Gasteiger partial charge in [-0.1, -0.05) is 6.92 Å². The molecule has 0 saturated carbocycles. The van der Waals surface area contributed by atoms with Crippen molar-refractivity contribution in [2.45, 2.75) is 59.1 Å². The van der Waals surface area contributed by atoms with E-state index in [1.807, 2.05) is 34.6 Å². The summed E-state index contributed by atoms with van der Waals surface area (Å²) in [6.07, 6.45) is 1.00. The molecule has 1 saturated heterocycles. The monoisotopic (exact) mass is 355 g/mol. The second kappa shape index (κ2) is 10.1. The molecule has 1 fully saturated rings. The van der Waals surface area contributed by atoms with Crippen LogP contribution in [0.2, 0.25) is 0 Å². The number of likely N-dealkylation sites (tertiary alicyclic amines) is 1. The van der Waals surface area contributed by atoms with Crippen molar-refractivity contribution in [1.82, 2.24) is 20.9 Å². The van der Waals surface area contributed by atoms with Crippen molar-refractivity contribution in [3.05, 3.63) is 0 Å². The fraction of sp³-hybridized carbons (Fsp3) is 0.824. The third kappa shape index (κ3) is 8.60. The highest BCUT2D eigenvalue weighted by Gasteiger charge is 2.34. The quantitative estimate of drug-likeness (QED) is 0.469. The highest BCUT2D eigenvalue weighted by molar-refractivity contribution is 5.81. The predicted octanol–water partition coefficient (Wildman–Crippen LogP) is 1.08. The van der Waals surface area contributed by atoms with Crippen molar-refractivity contribution < 1.29 is 14.3 Å². The van der Waals surface area contributed by atoms with Gasteiger partial charge in [-0.25, -0.2) is 4.79 Å². The van der Waals surface area contributed by atoms with Crippen LogP contribution in [0.4, 0.5) is 4.79 Å². The Morgan fingerprint density at radius 1 is 1.20 bits per heavy atom. The molecule has 1 heterocycles. The number of hydrogen-bond donors (Lipinski definition) is 3. The first-order valence-corrected chi connectivity index (χ1v) is 9.04. The molecule has 0 aromatic carbocycles. The van der Waals surface area contributed by atoms with Gasteiger partial charge in [0.1, 0.15) is 5.60 Å². The van der Waals surface area contributed by atoms with E-state index in [1.165, 1.54) is 0 Å². The molecule has 2 amide bonds. The van der Waals surface area contributed by atoms with E-state index in [0.717, 1.165) is 13.0 Å². The molecule has 0 unspecified atom stereocenters. The second-order valence-corrected chi connectivity index (χ2v) is 7.09. The van der Waals surface area contributed by atoms with Crippen LogP contribution in [0, 0.1) is 0 Å². The van der Waals surface area contributed by atoms with Crippen LogP contribution in [-0.2, 0) is 9.53 Å². The van der Waals surface area contributed by atoms with E-state index in [1.54, 1.807) is 4.90 Å². The van der Waals surface area contributed by atoms with E-state index < -0.39 is 5.60 Å². The molecule has 1 aliphatic rings. The summed E-state index contributed by atoms with van der Waals surface area (Å²) in [5, 5.41) is 9.26. The summed E-state index contributed by atoms with van der Waals surface area (Å²) in [6, 6.07) is 0.138. The molecule has 25 heavy (non-hydrogen) atoms. The number of nitrogens with zero attached hydrogens (tertiary/aromatic N) is 2. The molecule has 0 aliphatic carbocycles. The zero-order valence-electron chi connectivity index (χ0n) is 16.1. The lowest BCUT2D eigenvalue weighted by Crippen LogP contribution is -2.63. The number of amides is 2. The average Bonchev–Trinajstić information content (AvgIpc) is 2.46. The molecule has 1 aliphatic heterocycles. The van der Waals surface area contributed by atoms with Gasteiger partial charge in [0.25, 0.3) is 0 Å². The summed E-state index contributed by atoms with van der Waals surface area (Å²) >= 11 is 0. The van der Waals surface area contributed by atoms with Crippen molar-refractivity contribution in [1.29, 1.82) is 0 Å². The van der Waals surface area contributed by atoms with Crippen molar-refractivity contribution in [2.24, 2.45) is 4.99 Å². The van der Waals surface area contributed by atoms with E-state index >= 15 is 0 Å². The molecule has 3 N–H and O–H groups in total. The number of carbonyl (C=O) groups is 2. The minimum Gasteiger partial charge on any atom is -0.444 e.